The van der Waals surface area contributed by atoms with Gasteiger partial charge in [0.05, 0.1) is 0 Å². The summed E-state index contributed by atoms with van der Waals surface area (Å²) in [5.41, 5.74) is 0. The molecule has 0 spiro atoms. The maximum absolute atomic E-state index is 5.95. The van der Waals surface area contributed by atoms with Gasteiger partial charge in [0, 0.05) is 32.2 Å². The summed E-state index contributed by atoms with van der Waals surface area (Å²) >= 11 is 5.95. The Morgan fingerprint density at radius 3 is 2.65 bits per heavy atom. The SMILES string of the molecule is CC(C)CC(CCl)Nc1ccnc(N(C)C)n1. The van der Waals surface area contributed by atoms with Crippen molar-refractivity contribution in [2.45, 2.75) is 26.3 Å². The molecule has 0 fully saturated rings. The summed E-state index contributed by atoms with van der Waals surface area (Å²) < 4.78 is 0. The van der Waals surface area contributed by atoms with E-state index in [1.165, 1.54) is 0 Å². The zero-order chi connectivity index (χ0) is 12.8. The fraction of sp³-hybridized carbons (Fsp3) is 0.667. The number of hydrogen-bond donors (Lipinski definition) is 1. The van der Waals surface area contributed by atoms with Crippen LogP contribution in [-0.2, 0) is 0 Å². The number of nitrogens with one attached hydrogen (secondary N) is 1. The van der Waals surface area contributed by atoms with Crippen LogP contribution < -0.4 is 10.2 Å². The van der Waals surface area contributed by atoms with E-state index >= 15 is 0 Å². The third-order valence-corrected chi connectivity index (χ3v) is 2.71. The molecule has 1 unspecified atom stereocenters. The highest BCUT2D eigenvalue weighted by atomic mass is 35.5. The predicted molar refractivity (Wildman–Crippen MR) is 73.9 cm³/mol. The molecule has 0 saturated heterocycles. The molecule has 17 heavy (non-hydrogen) atoms. The van der Waals surface area contributed by atoms with Gasteiger partial charge in [-0.05, 0) is 18.4 Å². The highest BCUT2D eigenvalue weighted by Gasteiger charge is 2.10. The summed E-state index contributed by atoms with van der Waals surface area (Å²) in [7, 11) is 3.85. The predicted octanol–water partition coefficient (Wildman–Crippen LogP) is 2.61. The second-order valence-corrected chi connectivity index (χ2v) is 5.07. The van der Waals surface area contributed by atoms with Gasteiger partial charge in [-0.1, -0.05) is 13.8 Å². The Labute approximate surface area is 108 Å². The summed E-state index contributed by atoms with van der Waals surface area (Å²) in [5.74, 6) is 2.73. The average molecular weight is 257 g/mol. The molecule has 0 aromatic carbocycles. The van der Waals surface area contributed by atoms with Crippen LogP contribution in [-0.4, -0.2) is 36.0 Å². The average Bonchev–Trinajstić information content (AvgIpc) is 2.28. The van der Waals surface area contributed by atoms with Crippen LogP contribution in [0.5, 0.6) is 0 Å². The number of alkyl halides is 1. The van der Waals surface area contributed by atoms with Crippen LogP contribution in [0.25, 0.3) is 0 Å². The molecule has 0 radical (unpaired) electrons. The molecule has 4 nitrogen and oxygen atoms in total. The van der Waals surface area contributed by atoms with Crippen molar-refractivity contribution >= 4 is 23.4 Å². The Kier molecular flexibility index (Phi) is 5.48. The molecule has 96 valence electrons. The van der Waals surface area contributed by atoms with Gasteiger partial charge in [0.25, 0.3) is 0 Å². The van der Waals surface area contributed by atoms with Gasteiger partial charge >= 0.3 is 0 Å². The maximum Gasteiger partial charge on any atom is 0.226 e. The summed E-state index contributed by atoms with van der Waals surface area (Å²) in [6, 6.07) is 2.12. The zero-order valence-corrected chi connectivity index (χ0v) is 11.7. The topological polar surface area (TPSA) is 41.1 Å². The summed E-state index contributed by atoms with van der Waals surface area (Å²) in [4.78, 5) is 10.5. The molecule has 1 N–H and O–H groups in total. The monoisotopic (exact) mass is 256 g/mol. The molecule has 1 rings (SSSR count). The first kappa shape index (κ1) is 14.0. The van der Waals surface area contributed by atoms with Crippen molar-refractivity contribution in [3.05, 3.63) is 12.3 Å². The van der Waals surface area contributed by atoms with Gasteiger partial charge < -0.3 is 10.2 Å². The van der Waals surface area contributed by atoms with E-state index in [-0.39, 0.29) is 6.04 Å². The molecule has 1 aromatic heterocycles. The number of rotatable bonds is 6. The van der Waals surface area contributed by atoms with Gasteiger partial charge in [-0.2, -0.15) is 4.98 Å². The third-order valence-electron chi connectivity index (χ3n) is 2.34. The van der Waals surface area contributed by atoms with E-state index in [0.29, 0.717) is 17.7 Å². The summed E-state index contributed by atoms with van der Waals surface area (Å²) in [6.07, 6.45) is 2.79. The van der Waals surface area contributed by atoms with Gasteiger partial charge in [-0.3, -0.25) is 0 Å². The van der Waals surface area contributed by atoms with Crippen LogP contribution in [0.4, 0.5) is 11.8 Å². The molecule has 0 bridgehead atoms. The Morgan fingerprint density at radius 1 is 1.41 bits per heavy atom. The largest absolute Gasteiger partial charge is 0.366 e. The molecular weight excluding hydrogens is 236 g/mol. The Bertz CT molecular complexity index is 341. The van der Waals surface area contributed by atoms with E-state index < -0.39 is 0 Å². The second kappa shape index (κ2) is 6.64. The van der Waals surface area contributed by atoms with Crippen LogP contribution >= 0.6 is 11.6 Å². The van der Waals surface area contributed by atoms with E-state index in [0.717, 1.165) is 12.2 Å². The van der Waals surface area contributed by atoms with E-state index in [4.69, 9.17) is 11.6 Å². The molecule has 0 amide bonds. The molecule has 5 heteroatoms. The molecule has 0 aliphatic heterocycles. The lowest BCUT2D eigenvalue weighted by Crippen LogP contribution is -2.24. The highest BCUT2D eigenvalue weighted by molar-refractivity contribution is 6.18. The van der Waals surface area contributed by atoms with Gasteiger partial charge in [0.2, 0.25) is 5.95 Å². The lowest BCUT2D eigenvalue weighted by molar-refractivity contribution is 0.541. The molecule has 1 atom stereocenters. The number of aromatic nitrogens is 2. The normalized spacial score (nSPS) is 12.6. The number of nitrogens with zero attached hydrogens (tertiary/aromatic N) is 3. The maximum atomic E-state index is 5.95. The fourth-order valence-corrected chi connectivity index (χ4v) is 1.79. The van der Waals surface area contributed by atoms with Gasteiger partial charge in [0.1, 0.15) is 5.82 Å². The minimum atomic E-state index is 0.251. The van der Waals surface area contributed by atoms with E-state index in [1.807, 2.05) is 25.1 Å². The minimum absolute atomic E-state index is 0.251. The van der Waals surface area contributed by atoms with Crippen LogP contribution in [0.15, 0.2) is 12.3 Å². The van der Waals surface area contributed by atoms with Crippen molar-refractivity contribution in [3.63, 3.8) is 0 Å². The quantitative estimate of drug-likeness (QED) is 0.795. The lowest BCUT2D eigenvalue weighted by atomic mass is 10.1. The number of anilines is 2. The first-order valence-corrected chi connectivity index (χ1v) is 6.39. The fourth-order valence-electron chi connectivity index (χ4n) is 1.58. The molecule has 1 heterocycles. The standard InChI is InChI=1S/C12H21ClN4/c1-9(2)7-10(8-13)15-11-5-6-14-12(16-11)17(3)4/h5-6,9-10H,7-8H2,1-4H3,(H,14,15,16). The molecule has 0 aliphatic rings. The summed E-state index contributed by atoms with van der Waals surface area (Å²) in [5, 5.41) is 3.35. The Balaban J connectivity index is 2.69. The van der Waals surface area contributed by atoms with E-state index in [9.17, 15) is 0 Å². The minimum Gasteiger partial charge on any atom is -0.366 e. The van der Waals surface area contributed by atoms with Gasteiger partial charge in [0.15, 0.2) is 0 Å². The van der Waals surface area contributed by atoms with Crippen LogP contribution in [0.2, 0.25) is 0 Å². The first-order valence-electron chi connectivity index (χ1n) is 5.85. The van der Waals surface area contributed by atoms with E-state index in [1.54, 1.807) is 6.20 Å². The Hall–Kier alpha value is -1.03. The van der Waals surface area contributed by atoms with Crippen molar-refractivity contribution < 1.29 is 0 Å². The molecule has 1 aromatic rings. The first-order chi connectivity index (χ1) is 8.02. The Morgan fingerprint density at radius 2 is 2.12 bits per heavy atom. The lowest BCUT2D eigenvalue weighted by Gasteiger charge is -2.19. The number of hydrogen-bond acceptors (Lipinski definition) is 4. The van der Waals surface area contributed by atoms with Crippen molar-refractivity contribution in [2.75, 3.05) is 30.2 Å². The van der Waals surface area contributed by atoms with Gasteiger partial charge in [-0.25, -0.2) is 4.98 Å². The van der Waals surface area contributed by atoms with Crippen molar-refractivity contribution in [2.24, 2.45) is 5.92 Å². The van der Waals surface area contributed by atoms with Crippen LogP contribution in [0, 0.1) is 5.92 Å². The van der Waals surface area contributed by atoms with Gasteiger partial charge in [-0.15, -0.1) is 11.6 Å². The molecule has 0 saturated carbocycles. The van der Waals surface area contributed by atoms with Crippen LogP contribution in [0.1, 0.15) is 20.3 Å². The van der Waals surface area contributed by atoms with Crippen molar-refractivity contribution in [1.82, 2.24) is 9.97 Å². The third kappa shape index (κ3) is 4.77. The highest BCUT2D eigenvalue weighted by Crippen LogP contribution is 2.14. The van der Waals surface area contributed by atoms with Crippen molar-refractivity contribution in [3.8, 4) is 0 Å². The summed E-state index contributed by atoms with van der Waals surface area (Å²) in [6.45, 7) is 4.37. The second-order valence-electron chi connectivity index (χ2n) is 4.76. The molecular formula is C12H21ClN4. The molecule has 0 aliphatic carbocycles. The van der Waals surface area contributed by atoms with Crippen LogP contribution in [0.3, 0.4) is 0 Å². The van der Waals surface area contributed by atoms with E-state index in [2.05, 4.69) is 29.1 Å². The smallest absolute Gasteiger partial charge is 0.226 e. The number of halogens is 1. The van der Waals surface area contributed by atoms with Crippen molar-refractivity contribution in [1.29, 1.82) is 0 Å². The zero-order valence-electron chi connectivity index (χ0n) is 10.9.